The highest BCUT2D eigenvalue weighted by Gasteiger charge is 2.27. The Morgan fingerprint density at radius 1 is 1.60 bits per heavy atom. The molecule has 0 aliphatic rings. The number of carbonyl (C=O) groups excluding carboxylic acids is 1. The normalized spacial score (nSPS) is 14.9. The molecule has 0 radical (unpaired) electrons. The molecule has 0 unspecified atom stereocenters. The standard InChI is InChI=1S/C8H16O2/c1-6(7(2)10)8(3,4)5-9/h6,9H,5H2,1-4H3/t6-/m0/s1. The third-order valence-corrected chi connectivity index (χ3v) is 2.19. The van der Waals surface area contributed by atoms with Crippen LogP contribution >= 0.6 is 0 Å². The van der Waals surface area contributed by atoms with E-state index in [1.807, 2.05) is 20.8 Å². The van der Waals surface area contributed by atoms with Crippen LogP contribution in [0.3, 0.4) is 0 Å². The van der Waals surface area contributed by atoms with Gasteiger partial charge in [-0.2, -0.15) is 0 Å². The Balaban J connectivity index is 4.17. The zero-order valence-corrected chi connectivity index (χ0v) is 7.14. The van der Waals surface area contributed by atoms with Gasteiger partial charge in [0, 0.05) is 12.5 Å². The number of aliphatic hydroxyl groups excluding tert-OH is 1. The highest BCUT2D eigenvalue weighted by atomic mass is 16.3. The van der Waals surface area contributed by atoms with Crippen LogP contribution in [0.1, 0.15) is 27.7 Å². The van der Waals surface area contributed by atoms with Crippen LogP contribution in [0.25, 0.3) is 0 Å². The van der Waals surface area contributed by atoms with Crippen molar-refractivity contribution < 1.29 is 9.90 Å². The number of hydrogen-bond acceptors (Lipinski definition) is 2. The fourth-order valence-electron chi connectivity index (χ4n) is 0.687. The summed E-state index contributed by atoms with van der Waals surface area (Å²) in [5.74, 6) is 0.0801. The fraction of sp³-hybridized carbons (Fsp3) is 0.875. The molecule has 0 rings (SSSR count). The first kappa shape index (κ1) is 9.63. The van der Waals surface area contributed by atoms with Crippen LogP contribution in [-0.4, -0.2) is 17.5 Å². The van der Waals surface area contributed by atoms with E-state index < -0.39 is 0 Å². The zero-order valence-electron chi connectivity index (χ0n) is 7.14. The second-order valence-corrected chi connectivity index (χ2v) is 3.48. The highest BCUT2D eigenvalue weighted by Crippen LogP contribution is 2.25. The van der Waals surface area contributed by atoms with Gasteiger partial charge in [-0.25, -0.2) is 0 Å². The first-order valence-electron chi connectivity index (χ1n) is 3.53. The molecule has 10 heavy (non-hydrogen) atoms. The number of carbonyl (C=O) groups is 1. The van der Waals surface area contributed by atoms with Gasteiger partial charge in [0.15, 0.2) is 0 Å². The molecule has 0 amide bonds. The number of Topliss-reactive ketones (excluding diaryl/α,β-unsaturated/α-hetero) is 1. The van der Waals surface area contributed by atoms with Crippen LogP contribution in [0.4, 0.5) is 0 Å². The predicted molar refractivity (Wildman–Crippen MR) is 40.7 cm³/mol. The quantitative estimate of drug-likeness (QED) is 0.647. The monoisotopic (exact) mass is 144 g/mol. The molecule has 0 saturated heterocycles. The van der Waals surface area contributed by atoms with Crippen LogP contribution in [0.15, 0.2) is 0 Å². The minimum absolute atomic E-state index is 0.0579. The molecule has 60 valence electrons. The van der Waals surface area contributed by atoms with E-state index in [0.29, 0.717) is 0 Å². The van der Waals surface area contributed by atoms with Crippen molar-refractivity contribution in [2.75, 3.05) is 6.61 Å². The molecule has 0 aliphatic carbocycles. The minimum Gasteiger partial charge on any atom is -0.396 e. The van der Waals surface area contributed by atoms with E-state index >= 15 is 0 Å². The van der Waals surface area contributed by atoms with Crippen molar-refractivity contribution in [3.05, 3.63) is 0 Å². The van der Waals surface area contributed by atoms with Crippen molar-refractivity contribution >= 4 is 5.78 Å². The fourth-order valence-corrected chi connectivity index (χ4v) is 0.687. The summed E-state index contributed by atoms with van der Waals surface area (Å²) in [5.41, 5.74) is -0.272. The van der Waals surface area contributed by atoms with E-state index in [0.717, 1.165) is 0 Å². The van der Waals surface area contributed by atoms with Crippen molar-refractivity contribution in [1.29, 1.82) is 0 Å². The van der Waals surface area contributed by atoms with Gasteiger partial charge in [-0.1, -0.05) is 20.8 Å². The molecule has 0 spiro atoms. The smallest absolute Gasteiger partial charge is 0.133 e. The van der Waals surface area contributed by atoms with Crippen LogP contribution in [0.2, 0.25) is 0 Å². The summed E-state index contributed by atoms with van der Waals surface area (Å²) in [6.07, 6.45) is 0. The average Bonchev–Trinajstić information content (AvgIpc) is 1.86. The Hall–Kier alpha value is -0.370. The lowest BCUT2D eigenvalue weighted by Crippen LogP contribution is -2.30. The summed E-state index contributed by atoms with van der Waals surface area (Å²) in [5, 5.41) is 8.86. The summed E-state index contributed by atoms with van der Waals surface area (Å²) < 4.78 is 0. The lowest BCUT2D eigenvalue weighted by Gasteiger charge is -2.27. The van der Waals surface area contributed by atoms with Gasteiger partial charge in [-0.3, -0.25) is 4.79 Å². The summed E-state index contributed by atoms with van der Waals surface area (Å²) in [7, 11) is 0. The second kappa shape index (κ2) is 3.15. The van der Waals surface area contributed by atoms with Crippen molar-refractivity contribution in [2.24, 2.45) is 11.3 Å². The van der Waals surface area contributed by atoms with E-state index in [1.165, 1.54) is 0 Å². The van der Waals surface area contributed by atoms with Crippen LogP contribution in [0, 0.1) is 11.3 Å². The van der Waals surface area contributed by atoms with E-state index in [4.69, 9.17) is 5.11 Å². The van der Waals surface area contributed by atoms with Gasteiger partial charge in [0.25, 0.3) is 0 Å². The molecular weight excluding hydrogens is 128 g/mol. The molecule has 0 aliphatic heterocycles. The molecule has 0 aromatic carbocycles. The van der Waals surface area contributed by atoms with Gasteiger partial charge >= 0.3 is 0 Å². The third kappa shape index (κ3) is 2.10. The van der Waals surface area contributed by atoms with E-state index in [2.05, 4.69) is 0 Å². The SMILES string of the molecule is CC(=O)[C@H](C)C(C)(C)CO. The maximum absolute atomic E-state index is 10.8. The molecule has 2 heteroatoms. The first-order chi connectivity index (χ1) is 4.41. The maximum atomic E-state index is 10.8. The van der Waals surface area contributed by atoms with Crippen molar-refractivity contribution in [1.82, 2.24) is 0 Å². The topological polar surface area (TPSA) is 37.3 Å². The maximum Gasteiger partial charge on any atom is 0.133 e. The summed E-state index contributed by atoms with van der Waals surface area (Å²) in [6.45, 7) is 7.24. The lowest BCUT2D eigenvalue weighted by atomic mass is 9.79. The zero-order chi connectivity index (χ0) is 8.36. The Kier molecular flexibility index (Phi) is 3.03. The van der Waals surface area contributed by atoms with Gasteiger partial charge in [-0.05, 0) is 12.3 Å². The van der Waals surface area contributed by atoms with Gasteiger partial charge in [0.1, 0.15) is 5.78 Å². The summed E-state index contributed by atoms with van der Waals surface area (Å²) in [6, 6.07) is 0. The molecule has 2 nitrogen and oxygen atoms in total. The first-order valence-corrected chi connectivity index (χ1v) is 3.53. The van der Waals surface area contributed by atoms with Crippen LogP contribution < -0.4 is 0 Å². The largest absolute Gasteiger partial charge is 0.396 e. The second-order valence-electron chi connectivity index (χ2n) is 3.48. The summed E-state index contributed by atoms with van der Waals surface area (Å²) in [4.78, 5) is 10.8. The Morgan fingerprint density at radius 2 is 2.00 bits per heavy atom. The molecule has 0 heterocycles. The third-order valence-electron chi connectivity index (χ3n) is 2.19. The summed E-state index contributed by atoms with van der Waals surface area (Å²) >= 11 is 0. The molecule has 1 atom stereocenters. The molecule has 0 fully saturated rings. The van der Waals surface area contributed by atoms with Crippen molar-refractivity contribution in [3.8, 4) is 0 Å². The van der Waals surface area contributed by atoms with E-state index in [9.17, 15) is 4.79 Å². The molecule has 1 N–H and O–H groups in total. The Morgan fingerprint density at radius 3 is 2.10 bits per heavy atom. The molecule has 0 saturated carbocycles. The molecule has 0 bridgehead atoms. The van der Waals surface area contributed by atoms with Crippen LogP contribution in [0.5, 0.6) is 0 Å². The van der Waals surface area contributed by atoms with Gasteiger partial charge in [0.2, 0.25) is 0 Å². The highest BCUT2D eigenvalue weighted by molar-refractivity contribution is 5.78. The van der Waals surface area contributed by atoms with Gasteiger partial charge in [0.05, 0.1) is 0 Å². The van der Waals surface area contributed by atoms with Crippen molar-refractivity contribution in [3.63, 3.8) is 0 Å². The van der Waals surface area contributed by atoms with E-state index in [-0.39, 0.29) is 23.7 Å². The number of ketones is 1. The van der Waals surface area contributed by atoms with E-state index in [1.54, 1.807) is 6.92 Å². The lowest BCUT2D eigenvalue weighted by molar-refractivity contribution is -0.124. The molecule has 0 aromatic heterocycles. The van der Waals surface area contributed by atoms with Crippen molar-refractivity contribution in [2.45, 2.75) is 27.7 Å². The predicted octanol–water partition coefficient (Wildman–Crippen LogP) is 1.23. The average molecular weight is 144 g/mol. The minimum atomic E-state index is -0.272. The van der Waals surface area contributed by atoms with Gasteiger partial charge < -0.3 is 5.11 Å². The van der Waals surface area contributed by atoms with Gasteiger partial charge in [-0.15, -0.1) is 0 Å². The Bertz CT molecular complexity index is 127. The molecule has 0 aromatic rings. The molecular formula is C8H16O2. The Labute approximate surface area is 62.2 Å². The number of rotatable bonds is 3. The van der Waals surface area contributed by atoms with Crippen LogP contribution in [-0.2, 0) is 4.79 Å². The number of aliphatic hydroxyl groups is 1. The number of hydrogen-bond donors (Lipinski definition) is 1.